The fourth-order valence-electron chi connectivity index (χ4n) is 4.18. The largest absolute Gasteiger partial charge is 0.501 e. The minimum Gasteiger partial charge on any atom is -0.501 e. The van der Waals surface area contributed by atoms with Gasteiger partial charge in [0.15, 0.2) is 11.4 Å². The average molecular weight is 484 g/mol. The Morgan fingerprint density at radius 1 is 1.19 bits per heavy atom. The van der Waals surface area contributed by atoms with Crippen LogP contribution in [0.5, 0.6) is 5.75 Å². The van der Waals surface area contributed by atoms with Crippen LogP contribution in [0.4, 0.5) is 5.69 Å². The number of hydrogen-bond donors (Lipinski definition) is 2. The zero-order chi connectivity index (χ0) is 26.0. The molecule has 0 radical (unpaired) electrons. The minimum atomic E-state index is -0.838. The van der Waals surface area contributed by atoms with Gasteiger partial charge < -0.3 is 14.9 Å². The highest BCUT2D eigenvalue weighted by molar-refractivity contribution is 6.04. The maximum atomic E-state index is 12.9. The summed E-state index contributed by atoms with van der Waals surface area (Å²) in [7, 11) is 3.09. The van der Waals surface area contributed by atoms with E-state index in [4.69, 9.17) is 0 Å². The second-order valence-electron chi connectivity index (χ2n) is 8.08. The van der Waals surface area contributed by atoms with E-state index in [0.29, 0.717) is 16.7 Å². The van der Waals surface area contributed by atoms with Gasteiger partial charge in [0.1, 0.15) is 23.8 Å². The first kappa shape index (κ1) is 23.9. The van der Waals surface area contributed by atoms with Crippen molar-refractivity contribution in [2.45, 2.75) is 18.8 Å². The van der Waals surface area contributed by atoms with Gasteiger partial charge in [-0.3, -0.25) is 18.8 Å². The second-order valence-corrected chi connectivity index (χ2v) is 8.08. The topological polar surface area (TPSA) is 176 Å². The van der Waals surface area contributed by atoms with E-state index in [9.17, 15) is 25.2 Å². The number of carbonyl (C=O) groups excluding carboxylic acids is 1. The normalized spacial score (nSPS) is 12.4. The highest BCUT2D eigenvalue weighted by atomic mass is 16.5. The highest BCUT2D eigenvalue weighted by Gasteiger charge is 2.33. The quantitative estimate of drug-likeness (QED) is 0.415. The molecule has 12 heteroatoms. The SMILES string of the molecule is C[C@@H](c1nc(C(=O)Nc2cnoc2)c(O)c(=O)n1C)[C@H](c1ccccc1C#N)c1cn(C)nc1C#N. The summed E-state index contributed by atoms with van der Waals surface area (Å²) in [6.07, 6.45) is 4.10. The molecule has 0 spiro atoms. The Balaban J connectivity index is 1.91. The van der Waals surface area contributed by atoms with Crippen LogP contribution in [-0.4, -0.2) is 35.5 Å². The summed E-state index contributed by atoms with van der Waals surface area (Å²) in [5.41, 5.74) is 0.531. The lowest BCUT2D eigenvalue weighted by Gasteiger charge is -2.26. The number of amides is 1. The Hall–Kier alpha value is -5.23. The van der Waals surface area contributed by atoms with Gasteiger partial charge in [-0.25, -0.2) is 4.98 Å². The van der Waals surface area contributed by atoms with Crippen molar-refractivity contribution in [2.75, 3.05) is 5.32 Å². The summed E-state index contributed by atoms with van der Waals surface area (Å²) in [5, 5.41) is 40.1. The van der Waals surface area contributed by atoms with E-state index in [1.54, 1.807) is 44.4 Å². The van der Waals surface area contributed by atoms with Gasteiger partial charge in [0.05, 0.1) is 17.8 Å². The first-order chi connectivity index (χ1) is 17.3. The number of carbonyl (C=O) groups is 1. The number of hydrogen-bond acceptors (Lipinski definition) is 9. The van der Waals surface area contributed by atoms with Gasteiger partial charge in [-0.1, -0.05) is 30.3 Å². The van der Waals surface area contributed by atoms with Crippen LogP contribution in [-0.2, 0) is 14.1 Å². The van der Waals surface area contributed by atoms with Gasteiger partial charge >= 0.3 is 0 Å². The predicted octanol–water partition coefficient (Wildman–Crippen LogP) is 2.14. The molecule has 12 nitrogen and oxygen atoms in total. The molecule has 0 saturated carbocycles. The molecule has 3 aromatic heterocycles. The van der Waals surface area contributed by atoms with Gasteiger partial charge in [-0.15, -0.1) is 0 Å². The maximum Gasteiger partial charge on any atom is 0.296 e. The molecule has 0 aliphatic carbocycles. The Bertz CT molecular complexity index is 1590. The monoisotopic (exact) mass is 484 g/mol. The van der Waals surface area contributed by atoms with Crippen LogP contribution in [0.1, 0.15) is 57.5 Å². The molecule has 180 valence electrons. The number of aryl methyl sites for hydroxylation is 1. The molecule has 0 aliphatic rings. The zero-order valence-corrected chi connectivity index (χ0v) is 19.5. The average Bonchev–Trinajstić information content (AvgIpc) is 3.52. The number of anilines is 1. The Kier molecular flexibility index (Phi) is 6.35. The van der Waals surface area contributed by atoms with Crippen LogP contribution in [0.25, 0.3) is 0 Å². The Morgan fingerprint density at radius 3 is 2.61 bits per heavy atom. The molecule has 1 aromatic carbocycles. The summed E-state index contributed by atoms with van der Waals surface area (Å²) in [4.78, 5) is 30.1. The second kappa shape index (κ2) is 9.56. The summed E-state index contributed by atoms with van der Waals surface area (Å²) >= 11 is 0. The van der Waals surface area contributed by atoms with Crippen LogP contribution in [0, 0.1) is 22.7 Å². The number of nitrogens with zero attached hydrogens (tertiary/aromatic N) is 7. The number of aromatic nitrogens is 5. The maximum absolute atomic E-state index is 12.9. The third-order valence-electron chi connectivity index (χ3n) is 5.83. The molecule has 4 rings (SSSR count). The molecule has 36 heavy (non-hydrogen) atoms. The summed E-state index contributed by atoms with van der Waals surface area (Å²) < 4.78 is 7.32. The molecule has 0 fully saturated rings. The molecule has 2 N–H and O–H groups in total. The smallest absolute Gasteiger partial charge is 0.296 e. The Morgan fingerprint density at radius 2 is 1.94 bits per heavy atom. The third kappa shape index (κ3) is 4.19. The molecule has 2 atom stereocenters. The standard InChI is InChI=1S/C24H20N8O4/c1-13(19(16-7-5-4-6-14(16)8-25)17-11-31(2)30-18(17)9-26)22-29-20(21(33)24(35)32(22)3)23(34)28-15-10-27-36-12-15/h4-7,10-13,19,33H,1-3H3,(H,28,34)/t13-,19-/m1/s1. The van der Waals surface area contributed by atoms with Crippen LogP contribution >= 0.6 is 0 Å². The molecular formula is C24H20N8O4. The number of aromatic hydroxyl groups is 1. The van der Waals surface area contributed by atoms with Crippen molar-refractivity contribution in [3.05, 3.63) is 87.2 Å². The molecule has 3 heterocycles. The van der Waals surface area contributed by atoms with E-state index in [-0.39, 0.29) is 17.2 Å². The van der Waals surface area contributed by atoms with E-state index < -0.39 is 34.7 Å². The summed E-state index contributed by atoms with van der Waals surface area (Å²) in [6.45, 7) is 1.76. The van der Waals surface area contributed by atoms with Crippen LogP contribution in [0.15, 0.2) is 52.2 Å². The molecule has 4 aromatic rings. The van der Waals surface area contributed by atoms with E-state index >= 15 is 0 Å². The lowest BCUT2D eigenvalue weighted by atomic mass is 9.79. The van der Waals surface area contributed by atoms with Gasteiger partial charge in [-0.2, -0.15) is 15.6 Å². The number of nitriles is 2. The first-order valence-electron chi connectivity index (χ1n) is 10.7. The lowest BCUT2D eigenvalue weighted by Crippen LogP contribution is -2.29. The van der Waals surface area contributed by atoms with Crippen molar-refractivity contribution >= 4 is 11.6 Å². The molecule has 0 unspecified atom stereocenters. The minimum absolute atomic E-state index is 0.149. The van der Waals surface area contributed by atoms with Crippen LogP contribution in [0.3, 0.4) is 0 Å². The molecular weight excluding hydrogens is 464 g/mol. The van der Waals surface area contributed by atoms with Crippen molar-refractivity contribution in [3.8, 4) is 17.9 Å². The van der Waals surface area contributed by atoms with Gasteiger partial charge in [0.2, 0.25) is 5.75 Å². The number of rotatable bonds is 6. The fraction of sp³-hybridized carbons (Fsp3) is 0.208. The van der Waals surface area contributed by atoms with E-state index in [1.807, 2.05) is 0 Å². The lowest BCUT2D eigenvalue weighted by molar-refractivity contribution is 0.101. The molecule has 0 bridgehead atoms. The van der Waals surface area contributed by atoms with Crippen molar-refractivity contribution < 1.29 is 14.4 Å². The van der Waals surface area contributed by atoms with Crippen molar-refractivity contribution in [2.24, 2.45) is 14.1 Å². The summed E-state index contributed by atoms with van der Waals surface area (Å²) in [6, 6.07) is 11.1. The van der Waals surface area contributed by atoms with Crippen molar-refractivity contribution in [3.63, 3.8) is 0 Å². The van der Waals surface area contributed by atoms with Gasteiger partial charge in [0.25, 0.3) is 11.5 Å². The van der Waals surface area contributed by atoms with E-state index in [1.165, 1.54) is 24.2 Å². The van der Waals surface area contributed by atoms with Crippen LogP contribution < -0.4 is 10.9 Å². The Labute approximate surface area is 204 Å². The van der Waals surface area contributed by atoms with E-state index in [2.05, 4.69) is 37.2 Å². The molecule has 0 saturated heterocycles. The highest BCUT2D eigenvalue weighted by Crippen LogP contribution is 2.40. The van der Waals surface area contributed by atoms with Crippen molar-refractivity contribution in [1.82, 2.24) is 24.5 Å². The van der Waals surface area contributed by atoms with Gasteiger partial charge in [-0.05, 0) is 11.6 Å². The number of nitrogens with one attached hydrogen (secondary N) is 1. The van der Waals surface area contributed by atoms with Crippen molar-refractivity contribution in [1.29, 1.82) is 10.5 Å². The first-order valence-corrected chi connectivity index (χ1v) is 10.7. The predicted molar refractivity (Wildman–Crippen MR) is 125 cm³/mol. The van der Waals surface area contributed by atoms with Gasteiger partial charge in [0, 0.05) is 37.7 Å². The molecule has 0 aliphatic heterocycles. The van der Waals surface area contributed by atoms with Crippen LogP contribution in [0.2, 0.25) is 0 Å². The zero-order valence-electron chi connectivity index (χ0n) is 19.5. The molecule has 1 amide bonds. The van der Waals surface area contributed by atoms with E-state index in [0.717, 1.165) is 4.57 Å². The number of benzene rings is 1. The third-order valence-corrected chi connectivity index (χ3v) is 5.83. The summed E-state index contributed by atoms with van der Waals surface area (Å²) in [5.74, 6) is -2.79. The fourth-order valence-corrected chi connectivity index (χ4v) is 4.18.